The summed E-state index contributed by atoms with van der Waals surface area (Å²) >= 11 is 0. The zero-order chi connectivity index (χ0) is 15.4. The Kier molecular flexibility index (Phi) is 4.77. The number of carbonyl (C=O) groups excluding carboxylic acids is 1. The fraction of sp³-hybridized carbons (Fsp3) is 0.533. The molecule has 0 atom stereocenters. The van der Waals surface area contributed by atoms with E-state index in [1.165, 1.54) is 0 Å². The first-order valence-electron chi connectivity index (χ1n) is 7.24. The maximum absolute atomic E-state index is 11.4. The minimum absolute atomic E-state index is 0.187. The van der Waals surface area contributed by atoms with Gasteiger partial charge in [-0.05, 0) is 18.9 Å². The number of hydrogen-bond acceptors (Lipinski definition) is 5. The predicted molar refractivity (Wildman–Crippen MR) is 81.6 cm³/mol. The number of rotatable bonds is 6. The zero-order valence-corrected chi connectivity index (χ0v) is 13.0. The van der Waals surface area contributed by atoms with E-state index in [0.29, 0.717) is 25.5 Å². The van der Waals surface area contributed by atoms with E-state index in [9.17, 15) is 4.79 Å². The van der Waals surface area contributed by atoms with Crippen LogP contribution in [0.15, 0.2) is 18.5 Å². The Hall–Kier alpha value is -2.11. The summed E-state index contributed by atoms with van der Waals surface area (Å²) in [7, 11) is 1.92. The molecule has 2 aromatic heterocycles. The average molecular weight is 290 g/mol. The minimum Gasteiger partial charge on any atom is -0.466 e. The molecule has 114 valence electrons. The summed E-state index contributed by atoms with van der Waals surface area (Å²) < 4.78 is 6.78. The van der Waals surface area contributed by atoms with Crippen molar-refractivity contribution in [1.29, 1.82) is 0 Å². The number of anilines is 1. The molecule has 0 aliphatic rings. The van der Waals surface area contributed by atoms with Crippen molar-refractivity contribution in [3.05, 3.63) is 24.2 Å². The van der Waals surface area contributed by atoms with E-state index in [2.05, 4.69) is 23.9 Å². The van der Waals surface area contributed by atoms with Crippen LogP contribution in [0.4, 0.5) is 5.82 Å². The fourth-order valence-electron chi connectivity index (χ4n) is 2.10. The molecule has 6 nitrogen and oxygen atoms in total. The number of aromatic nitrogens is 3. The Balaban J connectivity index is 2.18. The molecule has 0 saturated heterocycles. The van der Waals surface area contributed by atoms with Crippen LogP contribution in [0.1, 0.15) is 38.8 Å². The summed E-state index contributed by atoms with van der Waals surface area (Å²) in [6.45, 7) is 7.01. The van der Waals surface area contributed by atoms with E-state index in [1.54, 1.807) is 6.20 Å². The van der Waals surface area contributed by atoms with Crippen molar-refractivity contribution in [1.82, 2.24) is 14.6 Å². The third-order valence-electron chi connectivity index (χ3n) is 3.30. The fourth-order valence-corrected chi connectivity index (χ4v) is 2.10. The van der Waals surface area contributed by atoms with Gasteiger partial charge in [-0.15, -0.1) is 0 Å². The second-order valence-electron chi connectivity index (χ2n) is 5.28. The smallest absolute Gasteiger partial charge is 0.307 e. The lowest BCUT2D eigenvalue weighted by Crippen LogP contribution is -2.23. The van der Waals surface area contributed by atoms with Crippen LogP contribution >= 0.6 is 0 Å². The molecule has 2 heterocycles. The molecular weight excluding hydrogens is 268 g/mol. The standard InChI is InChI=1S/C15H22N4O2/c1-5-21-14(20)6-8-18(4)15-13-10-12(11(2)3)17-19(13)9-7-16-15/h7,9-11H,5-6,8H2,1-4H3. The molecule has 0 spiro atoms. The third-order valence-corrected chi connectivity index (χ3v) is 3.30. The molecule has 0 saturated carbocycles. The van der Waals surface area contributed by atoms with Gasteiger partial charge in [-0.2, -0.15) is 5.10 Å². The lowest BCUT2D eigenvalue weighted by molar-refractivity contribution is -0.142. The Morgan fingerprint density at radius 1 is 1.48 bits per heavy atom. The predicted octanol–water partition coefficient (Wildman–Crippen LogP) is 2.24. The van der Waals surface area contributed by atoms with Crippen LogP contribution in [0.3, 0.4) is 0 Å². The van der Waals surface area contributed by atoms with Crippen molar-refractivity contribution in [2.24, 2.45) is 0 Å². The summed E-state index contributed by atoms with van der Waals surface area (Å²) in [6.07, 6.45) is 3.91. The molecule has 21 heavy (non-hydrogen) atoms. The van der Waals surface area contributed by atoms with Crippen LogP contribution in [-0.2, 0) is 9.53 Å². The third kappa shape index (κ3) is 3.51. The molecule has 0 amide bonds. The van der Waals surface area contributed by atoms with Crippen molar-refractivity contribution < 1.29 is 9.53 Å². The molecule has 2 aromatic rings. The highest BCUT2D eigenvalue weighted by Gasteiger charge is 2.13. The molecule has 0 N–H and O–H groups in total. The monoisotopic (exact) mass is 290 g/mol. The maximum Gasteiger partial charge on any atom is 0.307 e. The van der Waals surface area contributed by atoms with Crippen LogP contribution in [-0.4, -0.2) is 40.8 Å². The molecule has 0 fully saturated rings. The molecule has 0 radical (unpaired) electrons. The number of ether oxygens (including phenoxy) is 1. The van der Waals surface area contributed by atoms with Gasteiger partial charge in [0.2, 0.25) is 0 Å². The van der Waals surface area contributed by atoms with E-state index in [4.69, 9.17) is 4.74 Å². The largest absolute Gasteiger partial charge is 0.466 e. The first kappa shape index (κ1) is 15.3. The van der Waals surface area contributed by atoms with E-state index in [1.807, 2.05) is 35.6 Å². The van der Waals surface area contributed by atoms with Gasteiger partial charge >= 0.3 is 5.97 Å². The Morgan fingerprint density at radius 2 is 2.24 bits per heavy atom. The number of nitrogens with zero attached hydrogens (tertiary/aromatic N) is 4. The quantitative estimate of drug-likeness (QED) is 0.764. The topological polar surface area (TPSA) is 59.7 Å². The van der Waals surface area contributed by atoms with Crippen LogP contribution in [0.25, 0.3) is 5.52 Å². The summed E-state index contributed by atoms with van der Waals surface area (Å²) in [5.74, 6) is 0.997. The Morgan fingerprint density at radius 3 is 2.90 bits per heavy atom. The molecule has 0 aromatic carbocycles. The van der Waals surface area contributed by atoms with Gasteiger partial charge in [0.05, 0.1) is 18.7 Å². The maximum atomic E-state index is 11.4. The van der Waals surface area contributed by atoms with Crippen molar-refractivity contribution in [3.63, 3.8) is 0 Å². The molecule has 6 heteroatoms. The highest BCUT2D eigenvalue weighted by Crippen LogP contribution is 2.22. The number of carbonyl (C=O) groups is 1. The molecule has 2 rings (SSSR count). The van der Waals surface area contributed by atoms with E-state index in [-0.39, 0.29) is 5.97 Å². The van der Waals surface area contributed by atoms with Gasteiger partial charge in [0.25, 0.3) is 0 Å². The highest BCUT2D eigenvalue weighted by molar-refractivity contribution is 5.72. The molecule has 0 unspecified atom stereocenters. The van der Waals surface area contributed by atoms with Crippen molar-refractivity contribution >= 4 is 17.3 Å². The number of esters is 1. The zero-order valence-electron chi connectivity index (χ0n) is 13.0. The van der Waals surface area contributed by atoms with Gasteiger partial charge in [0.15, 0.2) is 5.82 Å². The summed E-state index contributed by atoms with van der Waals surface area (Å²) in [4.78, 5) is 17.8. The van der Waals surface area contributed by atoms with Crippen molar-refractivity contribution in [2.75, 3.05) is 25.1 Å². The first-order valence-corrected chi connectivity index (χ1v) is 7.24. The van der Waals surface area contributed by atoms with Crippen LogP contribution in [0.2, 0.25) is 0 Å². The summed E-state index contributed by atoms with van der Waals surface area (Å²) in [6, 6.07) is 2.05. The van der Waals surface area contributed by atoms with Crippen molar-refractivity contribution in [2.45, 2.75) is 33.1 Å². The summed E-state index contributed by atoms with van der Waals surface area (Å²) in [5, 5.41) is 4.54. The second-order valence-corrected chi connectivity index (χ2v) is 5.28. The van der Waals surface area contributed by atoms with E-state index < -0.39 is 0 Å². The Bertz CT molecular complexity index is 621. The van der Waals surface area contributed by atoms with Crippen molar-refractivity contribution in [3.8, 4) is 0 Å². The Labute approximate surface area is 124 Å². The molecule has 0 aliphatic heterocycles. The van der Waals surface area contributed by atoms with Gasteiger partial charge in [-0.3, -0.25) is 4.79 Å². The minimum atomic E-state index is -0.187. The van der Waals surface area contributed by atoms with Gasteiger partial charge < -0.3 is 9.64 Å². The van der Waals surface area contributed by atoms with Crippen LogP contribution in [0, 0.1) is 0 Å². The van der Waals surface area contributed by atoms with Gasteiger partial charge in [0.1, 0.15) is 5.52 Å². The second kappa shape index (κ2) is 6.56. The lowest BCUT2D eigenvalue weighted by atomic mass is 10.1. The van der Waals surface area contributed by atoms with Crippen LogP contribution < -0.4 is 4.90 Å². The lowest BCUT2D eigenvalue weighted by Gasteiger charge is -2.18. The molecule has 0 bridgehead atoms. The normalized spacial score (nSPS) is 11.1. The average Bonchev–Trinajstić information content (AvgIpc) is 2.89. The first-order chi connectivity index (χ1) is 10.0. The van der Waals surface area contributed by atoms with Gasteiger partial charge in [-0.1, -0.05) is 13.8 Å². The van der Waals surface area contributed by atoms with Crippen LogP contribution in [0.5, 0.6) is 0 Å². The molecule has 0 aliphatic carbocycles. The van der Waals surface area contributed by atoms with Gasteiger partial charge in [-0.25, -0.2) is 9.50 Å². The number of fused-ring (bicyclic) bond motifs is 1. The SMILES string of the molecule is CCOC(=O)CCN(C)c1nccn2nc(C(C)C)cc12. The molecular formula is C15H22N4O2. The van der Waals surface area contributed by atoms with E-state index in [0.717, 1.165) is 17.0 Å². The summed E-state index contributed by atoms with van der Waals surface area (Å²) in [5.41, 5.74) is 1.98. The van der Waals surface area contributed by atoms with E-state index >= 15 is 0 Å². The number of hydrogen-bond donors (Lipinski definition) is 0. The highest BCUT2D eigenvalue weighted by atomic mass is 16.5. The van der Waals surface area contributed by atoms with Gasteiger partial charge in [0, 0.05) is 26.0 Å².